The lowest BCUT2D eigenvalue weighted by molar-refractivity contribution is 0.172. The van der Waals surface area contributed by atoms with E-state index in [0.717, 1.165) is 28.1 Å². The van der Waals surface area contributed by atoms with E-state index < -0.39 is 0 Å². The summed E-state index contributed by atoms with van der Waals surface area (Å²) in [5.41, 5.74) is 6.08. The number of nitrogens with zero attached hydrogens (tertiary/aromatic N) is 1. The Morgan fingerprint density at radius 2 is 1.95 bits per heavy atom. The number of aromatic nitrogens is 1. The van der Waals surface area contributed by atoms with Gasteiger partial charge in [-0.05, 0) is 29.5 Å². The summed E-state index contributed by atoms with van der Waals surface area (Å²) in [5, 5.41) is 5.45. The number of hydrogen-bond acceptors (Lipinski definition) is 5. The average Bonchev–Trinajstić information content (AvgIpc) is 2.50. The van der Waals surface area contributed by atoms with Crippen molar-refractivity contribution in [2.45, 2.75) is 19.9 Å². The van der Waals surface area contributed by atoms with Crippen molar-refractivity contribution >= 4 is 16.6 Å². The second kappa shape index (κ2) is 5.77. The van der Waals surface area contributed by atoms with Crippen LogP contribution in [-0.4, -0.2) is 30.8 Å². The van der Waals surface area contributed by atoms with E-state index in [-0.39, 0.29) is 6.04 Å². The summed E-state index contributed by atoms with van der Waals surface area (Å²) in [6, 6.07) is 6.06. The van der Waals surface area contributed by atoms with Gasteiger partial charge in [-0.2, -0.15) is 0 Å². The second-order valence-electron chi connectivity index (χ2n) is 5.67. The number of rotatable bonds is 4. The van der Waals surface area contributed by atoms with E-state index >= 15 is 0 Å². The number of hydrogen-bond donors (Lipinski definition) is 2. The van der Waals surface area contributed by atoms with Gasteiger partial charge in [-0.3, -0.25) is 0 Å². The van der Waals surface area contributed by atoms with E-state index in [1.807, 2.05) is 18.2 Å². The van der Waals surface area contributed by atoms with E-state index in [1.54, 1.807) is 6.20 Å². The van der Waals surface area contributed by atoms with Gasteiger partial charge in [0.15, 0.2) is 11.5 Å². The lowest BCUT2D eigenvalue weighted by Gasteiger charge is -2.20. The Labute approximate surface area is 124 Å². The largest absolute Gasteiger partial charge is 0.486 e. The number of ether oxygens (including phenoxy) is 2. The zero-order valence-electron chi connectivity index (χ0n) is 12.4. The highest BCUT2D eigenvalue weighted by Crippen LogP contribution is 2.36. The van der Waals surface area contributed by atoms with Gasteiger partial charge >= 0.3 is 0 Å². The Hall–Kier alpha value is -2.01. The summed E-state index contributed by atoms with van der Waals surface area (Å²) < 4.78 is 11.3. The molecule has 0 amide bonds. The van der Waals surface area contributed by atoms with Crippen LogP contribution in [0.4, 0.5) is 5.82 Å². The minimum absolute atomic E-state index is 0.0965. The topological polar surface area (TPSA) is 69.4 Å². The van der Waals surface area contributed by atoms with Crippen LogP contribution in [-0.2, 0) is 0 Å². The molecule has 0 fully saturated rings. The molecule has 0 saturated carbocycles. The molecule has 5 heteroatoms. The summed E-state index contributed by atoms with van der Waals surface area (Å²) in [7, 11) is 0. The first-order chi connectivity index (χ1) is 10.1. The molecule has 0 saturated heterocycles. The zero-order valence-corrected chi connectivity index (χ0v) is 12.4. The molecule has 1 aromatic heterocycles. The SMILES string of the molecule is CC(C)C(N)CNc1nccc2cc3c(cc12)OCCO3. The number of anilines is 1. The third-order valence-electron chi connectivity index (χ3n) is 3.79. The smallest absolute Gasteiger partial charge is 0.162 e. The molecule has 0 radical (unpaired) electrons. The molecule has 0 spiro atoms. The predicted molar refractivity (Wildman–Crippen MR) is 84.0 cm³/mol. The third-order valence-corrected chi connectivity index (χ3v) is 3.79. The maximum Gasteiger partial charge on any atom is 0.162 e. The van der Waals surface area contributed by atoms with E-state index in [4.69, 9.17) is 15.2 Å². The number of nitrogens with one attached hydrogen (secondary N) is 1. The molecule has 1 unspecified atom stereocenters. The molecule has 1 aromatic carbocycles. The van der Waals surface area contributed by atoms with Crippen LogP contribution in [0.5, 0.6) is 11.5 Å². The average molecular weight is 287 g/mol. The van der Waals surface area contributed by atoms with Gasteiger partial charge in [0, 0.05) is 24.2 Å². The Kier molecular flexibility index (Phi) is 3.84. The van der Waals surface area contributed by atoms with Gasteiger partial charge in [0.1, 0.15) is 19.0 Å². The number of benzene rings is 1. The molecule has 2 heterocycles. The monoisotopic (exact) mass is 287 g/mol. The zero-order chi connectivity index (χ0) is 14.8. The molecule has 3 N–H and O–H groups in total. The van der Waals surface area contributed by atoms with Crippen molar-refractivity contribution in [3.05, 3.63) is 24.4 Å². The van der Waals surface area contributed by atoms with Crippen molar-refractivity contribution in [3.8, 4) is 11.5 Å². The molecule has 0 aliphatic carbocycles. The molecule has 1 aliphatic heterocycles. The van der Waals surface area contributed by atoms with Crippen LogP contribution in [0, 0.1) is 5.92 Å². The van der Waals surface area contributed by atoms with Crippen LogP contribution >= 0.6 is 0 Å². The third kappa shape index (κ3) is 2.88. The summed E-state index contributed by atoms with van der Waals surface area (Å²) in [4.78, 5) is 4.42. The van der Waals surface area contributed by atoms with Gasteiger partial charge in [0.05, 0.1) is 0 Å². The quantitative estimate of drug-likeness (QED) is 0.903. The molecule has 1 aliphatic rings. The second-order valence-corrected chi connectivity index (χ2v) is 5.67. The first-order valence-electron chi connectivity index (χ1n) is 7.33. The van der Waals surface area contributed by atoms with Crippen molar-refractivity contribution in [2.24, 2.45) is 11.7 Å². The molecule has 2 aromatic rings. The highest BCUT2D eigenvalue weighted by Gasteiger charge is 2.15. The first kappa shape index (κ1) is 13.9. The van der Waals surface area contributed by atoms with Crippen molar-refractivity contribution in [3.63, 3.8) is 0 Å². The van der Waals surface area contributed by atoms with Crippen LogP contribution < -0.4 is 20.5 Å². The Morgan fingerprint density at radius 3 is 2.67 bits per heavy atom. The van der Waals surface area contributed by atoms with E-state index in [2.05, 4.69) is 24.1 Å². The summed E-state index contributed by atoms with van der Waals surface area (Å²) in [6.07, 6.45) is 1.79. The van der Waals surface area contributed by atoms with Crippen LogP contribution in [0.25, 0.3) is 10.8 Å². The van der Waals surface area contributed by atoms with Crippen molar-refractivity contribution in [1.82, 2.24) is 4.98 Å². The van der Waals surface area contributed by atoms with E-state index in [0.29, 0.717) is 25.7 Å². The van der Waals surface area contributed by atoms with Crippen LogP contribution in [0.3, 0.4) is 0 Å². The van der Waals surface area contributed by atoms with Gasteiger partial charge in [-0.15, -0.1) is 0 Å². The molecular formula is C16H21N3O2. The highest BCUT2D eigenvalue weighted by molar-refractivity contribution is 5.94. The molecule has 112 valence electrons. The molecule has 21 heavy (non-hydrogen) atoms. The molecule has 5 nitrogen and oxygen atoms in total. The van der Waals surface area contributed by atoms with Crippen LogP contribution in [0.2, 0.25) is 0 Å². The fourth-order valence-electron chi connectivity index (χ4n) is 2.30. The van der Waals surface area contributed by atoms with Gasteiger partial charge in [0.2, 0.25) is 0 Å². The summed E-state index contributed by atoms with van der Waals surface area (Å²) in [6.45, 7) is 6.10. The van der Waals surface area contributed by atoms with Gasteiger partial charge < -0.3 is 20.5 Å². The fourth-order valence-corrected chi connectivity index (χ4v) is 2.30. The summed E-state index contributed by atoms with van der Waals surface area (Å²) >= 11 is 0. The first-order valence-corrected chi connectivity index (χ1v) is 7.33. The normalized spacial score (nSPS) is 15.2. The van der Waals surface area contributed by atoms with Gasteiger partial charge in [-0.25, -0.2) is 4.98 Å². The van der Waals surface area contributed by atoms with E-state index in [1.165, 1.54) is 0 Å². The predicted octanol–water partition coefficient (Wildman–Crippen LogP) is 2.40. The minimum Gasteiger partial charge on any atom is -0.486 e. The number of fused-ring (bicyclic) bond motifs is 2. The molecule has 1 atom stereocenters. The van der Waals surface area contributed by atoms with Crippen LogP contribution in [0.15, 0.2) is 24.4 Å². The molecule has 3 rings (SSSR count). The maximum absolute atomic E-state index is 6.08. The number of pyridine rings is 1. The lowest BCUT2D eigenvalue weighted by Crippen LogP contribution is -2.34. The summed E-state index contributed by atoms with van der Waals surface area (Å²) in [5.74, 6) is 2.83. The Balaban J connectivity index is 1.91. The van der Waals surface area contributed by atoms with Crippen molar-refractivity contribution < 1.29 is 9.47 Å². The molecule has 0 bridgehead atoms. The lowest BCUT2D eigenvalue weighted by atomic mass is 10.1. The van der Waals surface area contributed by atoms with Crippen LogP contribution in [0.1, 0.15) is 13.8 Å². The minimum atomic E-state index is 0.0965. The number of nitrogens with two attached hydrogens (primary N) is 1. The van der Waals surface area contributed by atoms with Gasteiger partial charge in [-0.1, -0.05) is 13.8 Å². The maximum atomic E-state index is 6.08. The van der Waals surface area contributed by atoms with Gasteiger partial charge in [0.25, 0.3) is 0 Å². The highest BCUT2D eigenvalue weighted by atomic mass is 16.6. The van der Waals surface area contributed by atoms with E-state index in [9.17, 15) is 0 Å². The Morgan fingerprint density at radius 1 is 1.24 bits per heavy atom. The fraction of sp³-hybridized carbons (Fsp3) is 0.438. The standard InChI is InChI=1S/C16H21N3O2/c1-10(2)13(17)9-19-16-12-8-15-14(20-5-6-21-15)7-11(12)3-4-18-16/h3-4,7-8,10,13H,5-6,9,17H2,1-2H3,(H,18,19). The van der Waals surface area contributed by atoms with Crippen molar-refractivity contribution in [1.29, 1.82) is 0 Å². The van der Waals surface area contributed by atoms with Crippen molar-refractivity contribution in [2.75, 3.05) is 25.1 Å². The molecular weight excluding hydrogens is 266 g/mol. The Bertz CT molecular complexity index is 643.